The van der Waals surface area contributed by atoms with Crippen molar-refractivity contribution >= 4 is 5.78 Å². The summed E-state index contributed by atoms with van der Waals surface area (Å²) in [4.78, 5) is 15.1. The van der Waals surface area contributed by atoms with Gasteiger partial charge in [-0.25, -0.2) is 4.98 Å². The number of pyridine rings is 1. The first-order valence-corrected chi connectivity index (χ1v) is 5.54. The highest BCUT2D eigenvalue weighted by molar-refractivity contribution is 5.92. The molecular formula is C14H13NO3. The van der Waals surface area contributed by atoms with Gasteiger partial charge < -0.3 is 9.84 Å². The maximum Gasteiger partial charge on any atom is 0.178 e. The van der Waals surface area contributed by atoms with E-state index in [2.05, 4.69) is 4.98 Å². The summed E-state index contributed by atoms with van der Waals surface area (Å²) in [5.41, 5.74) is 1.10. The van der Waals surface area contributed by atoms with Crippen molar-refractivity contribution in [1.82, 2.24) is 4.98 Å². The van der Waals surface area contributed by atoms with Crippen LogP contribution in [0.2, 0.25) is 0 Å². The lowest BCUT2D eigenvalue weighted by Gasteiger charge is -2.09. The summed E-state index contributed by atoms with van der Waals surface area (Å²) in [5, 5.41) is 9.17. The molecule has 0 radical (unpaired) electrons. The topological polar surface area (TPSA) is 59.4 Å². The third kappa shape index (κ3) is 2.73. The number of hydrogen-bond acceptors (Lipinski definition) is 4. The Hall–Kier alpha value is -2.20. The molecule has 0 fully saturated rings. The molecular weight excluding hydrogens is 230 g/mol. The van der Waals surface area contributed by atoms with E-state index in [0.717, 1.165) is 0 Å². The average molecular weight is 243 g/mol. The van der Waals surface area contributed by atoms with Crippen molar-refractivity contribution in [2.75, 3.05) is 0 Å². The van der Waals surface area contributed by atoms with Gasteiger partial charge in [0.2, 0.25) is 0 Å². The molecule has 1 heterocycles. The zero-order chi connectivity index (χ0) is 13.0. The van der Waals surface area contributed by atoms with Crippen molar-refractivity contribution in [3.05, 3.63) is 53.9 Å². The first kappa shape index (κ1) is 12.3. The summed E-state index contributed by atoms with van der Waals surface area (Å²) >= 11 is 0. The second-order valence-electron chi connectivity index (χ2n) is 3.80. The van der Waals surface area contributed by atoms with Crippen LogP contribution in [0.4, 0.5) is 0 Å². The van der Waals surface area contributed by atoms with Gasteiger partial charge in [-0.2, -0.15) is 0 Å². The maximum absolute atomic E-state index is 11.1. The first-order valence-electron chi connectivity index (χ1n) is 5.54. The predicted molar refractivity (Wildman–Crippen MR) is 66.7 cm³/mol. The number of Topliss-reactive ketones (excluding diaryl/α,β-unsaturated/α-hetero) is 1. The zero-order valence-corrected chi connectivity index (χ0v) is 9.96. The van der Waals surface area contributed by atoms with E-state index in [-0.39, 0.29) is 12.4 Å². The molecule has 0 atom stereocenters. The Morgan fingerprint density at radius 3 is 2.67 bits per heavy atom. The van der Waals surface area contributed by atoms with E-state index in [1.807, 2.05) is 12.1 Å². The van der Waals surface area contributed by atoms with Crippen molar-refractivity contribution < 1.29 is 14.6 Å². The lowest BCUT2D eigenvalue weighted by atomic mass is 10.2. The van der Waals surface area contributed by atoms with Crippen LogP contribution in [-0.2, 0) is 6.61 Å². The van der Waals surface area contributed by atoms with E-state index >= 15 is 0 Å². The molecule has 0 amide bonds. The number of hydrogen-bond donors (Lipinski definition) is 1. The largest absolute Gasteiger partial charge is 0.455 e. The van der Waals surface area contributed by atoms with E-state index in [1.54, 1.807) is 24.3 Å². The molecule has 2 aromatic rings. The zero-order valence-electron chi connectivity index (χ0n) is 9.96. The molecule has 4 heteroatoms. The molecule has 0 saturated carbocycles. The molecule has 0 spiro atoms. The molecule has 4 nitrogen and oxygen atoms in total. The minimum atomic E-state index is -0.0882. The van der Waals surface area contributed by atoms with Crippen LogP contribution in [0.15, 0.2) is 42.6 Å². The number of para-hydroxylation sites is 1. The summed E-state index contributed by atoms with van der Waals surface area (Å²) in [5.74, 6) is 1.02. The van der Waals surface area contributed by atoms with Gasteiger partial charge in [-0.1, -0.05) is 18.2 Å². The number of ketones is 1. The first-order chi connectivity index (χ1) is 8.70. The second kappa shape index (κ2) is 5.42. The molecule has 0 aliphatic heterocycles. The van der Waals surface area contributed by atoms with E-state index < -0.39 is 0 Å². The molecule has 0 unspecified atom stereocenters. The predicted octanol–water partition coefficient (Wildman–Crippen LogP) is 2.57. The Kier molecular flexibility index (Phi) is 3.69. The summed E-state index contributed by atoms with van der Waals surface area (Å²) in [6.45, 7) is 1.37. The molecule has 1 aromatic heterocycles. The normalized spacial score (nSPS) is 10.1. The Morgan fingerprint density at radius 2 is 2.06 bits per heavy atom. The lowest BCUT2D eigenvalue weighted by Crippen LogP contribution is -1.97. The quantitative estimate of drug-likeness (QED) is 0.838. The van der Waals surface area contributed by atoms with Gasteiger partial charge >= 0.3 is 0 Å². The molecule has 18 heavy (non-hydrogen) atoms. The van der Waals surface area contributed by atoms with Gasteiger partial charge in [-0.3, -0.25) is 4.79 Å². The SMILES string of the molecule is CC(=O)c1ccc(Oc2ccccc2CO)cn1. The average Bonchev–Trinajstić information content (AvgIpc) is 2.40. The minimum Gasteiger partial charge on any atom is -0.455 e. The van der Waals surface area contributed by atoms with Crippen LogP contribution in [0, 0.1) is 0 Å². The Morgan fingerprint density at radius 1 is 1.28 bits per heavy atom. The number of aliphatic hydroxyl groups excluding tert-OH is 1. The highest BCUT2D eigenvalue weighted by atomic mass is 16.5. The van der Waals surface area contributed by atoms with Gasteiger partial charge in [0.15, 0.2) is 5.78 Å². The number of nitrogens with zero attached hydrogens (tertiary/aromatic N) is 1. The third-order valence-corrected chi connectivity index (χ3v) is 2.47. The highest BCUT2D eigenvalue weighted by Crippen LogP contribution is 2.24. The van der Waals surface area contributed by atoms with E-state index in [1.165, 1.54) is 13.1 Å². The van der Waals surface area contributed by atoms with Gasteiger partial charge in [0.05, 0.1) is 12.8 Å². The molecule has 92 valence electrons. The van der Waals surface area contributed by atoms with Crippen molar-refractivity contribution in [2.24, 2.45) is 0 Å². The monoisotopic (exact) mass is 243 g/mol. The van der Waals surface area contributed by atoms with Crippen LogP contribution in [0.1, 0.15) is 23.0 Å². The number of carbonyl (C=O) groups excluding carboxylic acids is 1. The number of rotatable bonds is 4. The molecule has 0 bridgehead atoms. The summed E-state index contributed by atoms with van der Waals surface area (Å²) in [6, 6.07) is 10.5. The van der Waals surface area contributed by atoms with E-state index in [9.17, 15) is 9.90 Å². The number of carbonyl (C=O) groups is 1. The standard InChI is InChI=1S/C14H13NO3/c1-10(17)13-7-6-12(8-15-13)18-14-5-3-2-4-11(14)9-16/h2-8,16H,9H2,1H3. The summed E-state index contributed by atoms with van der Waals surface area (Å²) < 4.78 is 5.60. The van der Waals surface area contributed by atoms with Crippen LogP contribution in [0.5, 0.6) is 11.5 Å². The smallest absolute Gasteiger partial charge is 0.178 e. The Balaban J connectivity index is 2.21. The van der Waals surface area contributed by atoms with Crippen LogP contribution < -0.4 is 4.74 Å². The van der Waals surface area contributed by atoms with Crippen molar-refractivity contribution in [3.63, 3.8) is 0 Å². The number of benzene rings is 1. The van der Waals surface area contributed by atoms with Crippen LogP contribution >= 0.6 is 0 Å². The lowest BCUT2D eigenvalue weighted by molar-refractivity contribution is 0.101. The molecule has 0 aliphatic carbocycles. The maximum atomic E-state index is 11.1. The Labute approximate surface area is 105 Å². The number of ether oxygens (including phenoxy) is 1. The van der Waals surface area contributed by atoms with Crippen molar-refractivity contribution in [1.29, 1.82) is 0 Å². The van der Waals surface area contributed by atoms with Crippen LogP contribution in [0.25, 0.3) is 0 Å². The van der Waals surface area contributed by atoms with Crippen LogP contribution in [0.3, 0.4) is 0 Å². The second-order valence-corrected chi connectivity index (χ2v) is 3.80. The fourth-order valence-electron chi connectivity index (χ4n) is 1.51. The van der Waals surface area contributed by atoms with E-state index in [0.29, 0.717) is 22.8 Å². The molecule has 1 N–H and O–H groups in total. The molecule has 1 aromatic carbocycles. The van der Waals surface area contributed by atoms with Gasteiger partial charge in [0, 0.05) is 12.5 Å². The van der Waals surface area contributed by atoms with Crippen LogP contribution in [-0.4, -0.2) is 15.9 Å². The molecule has 0 aliphatic rings. The fraction of sp³-hybridized carbons (Fsp3) is 0.143. The number of aliphatic hydroxyl groups is 1. The van der Waals surface area contributed by atoms with Gasteiger partial charge in [-0.15, -0.1) is 0 Å². The van der Waals surface area contributed by atoms with Gasteiger partial charge in [0.1, 0.15) is 17.2 Å². The fourth-order valence-corrected chi connectivity index (χ4v) is 1.51. The highest BCUT2D eigenvalue weighted by Gasteiger charge is 2.05. The Bertz CT molecular complexity index is 549. The van der Waals surface area contributed by atoms with E-state index in [4.69, 9.17) is 4.74 Å². The van der Waals surface area contributed by atoms with Crippen molar-refractivity contribution in [3.8, 4) is 11.5 Å². The van der Waals surface area contributed by atoms with Crippen molar-refractivity contribution in [2.45, 2.75) is 13.5 Å². The summed E-state index contributed by atoms with van der Waals surface area (Å²) in [7, 11) is 0. The minimum absolute atomic E-state index is 0.0858. The third-order valence-electron chi connectivity index (χ3n) is 2.47. The van der Waals surface area contributed by atoms with Gasteiger partial charge in [-0.05, 0) is 18.2 Å². The molecule has 0 saturated heterocycles. The van der Waals surface area contributed by atoms with Gasteiger partial charge in [0.25, 0.3) is 0 Å². The summed E-state index contributed by atoms with van der Waals surface area (Å²) in [6.07, 6.45) is 1.49. The number of aromatic nitrogens is 1. The molecule has 2 rings (SSSR count).